The Morgan fingerprint density at radius 1 is 1.28 bits per heavy atom. The minimum atomic E-state index is -4.47. The zero-order chi connectivity index (χ0) is 24.1. The van der Waals surface area contributed by atoms with Gasteiger partial charge in [0.1, 0.15) is 17.7 Å². The molecule has 0 amide bonds. The maximum Gasteiger partial charge on any atom is 0.359 e. The van der Waals surface area contributed by atoms with Gasteiger partial charge in [0, 0.05) is 12.6 Å². The molecule has 3 rings (SSSR count). The van der Waals surface area contributed by atoms with Crippen LogP contribution in [-0.4, -0.2) is 69.0 Å². The van der Waals surface area contributed by atoms with Crippen molar-refractivity contribution >= 4 is 18.8 Å². The quantitative estimate of drug-likeness (QED) is 0.327. The fourth-order valence-electron chi connectivity index (χ4n) is 3.31. The highest BCUT2D eigenvalue weighted by atomic mass is 31.2. The zero-order valence-electron chi connectivity index (χ0n) is 18.0. The van der Waals surface area contributed by atoms with Crippen molar-refractivity contribution in [2.24, 2.45) is 0 Å². The number of H-pyrrole nitrogens is 1. The number of aromatic nitrogens is 4. The Morgan fingerprint density at radius 3 is 2.53 bits per heavy atom. The molecule has 2 aromatic rings. The fraction of sp³-hybridized carbons (Fsp3) is 0.667. The van der Waals surface area contributed by atoms with E-state index in [1.165, 1.54) is 13.1 Å². The average molecular weight is 474 g/mol. The second-order valence-electron chi connectivity index (χ2n) is 8.57. The lowest BCUT2D eigenvalue weighted by Crippen LogP contribution is -2.40. The predicted octanol–water partition coefficient (Wildman–Crippen LogP) is -0.412. The summed E-state index contributed by atoms with van der Waals surface area (Å²) in [5.74, 6) is 0. The lowest BCUT2D eigenvalue weighted by molar-refractivity contribution is -0.0707. The normalized spacial score (nSPS) is 27.9. The molecule has 0 aromatic carbocycles. The summed E-state index contributed by atoms with van der Waals surface area (Å²) in [6.07, 6.45) is -3.07. The van der Waals surface area contributed by atoms with E-state index in [1.54, 1.807) is 6.92 Å². The van der Waals surface area contributed by atoms with Crippen LogP contribution in [0.4, 0.5) is 0 Å². The topological polar surface area (TPSA) is 197 Å². The minimum absolute atomic E-state index is 0.0411. The molecular weight excluding hydrogens is 447 g/mol. The number of ether oxygens (including phenoxy) is 1. The Hall–Kier alpha value is -1.99. The first-order valence-electron chi connectivity index (χ1n) is 9.93. The van der Waals surface area contributed by atoms with Gasteiger partial charge in [-0.1, -0.05) is 6.92 Å². The zero-order valence-corrected chi connectivity index (χ0v) is 18.9. The highest BCUT2D eigenvalue weighted by Crippen LogP contribution is 2.57. The Morgan fingerprint density at radius 2 is 1.94 bits per heavy atom. The molecule has 0 radical (unpaired) electrons. The van der Waals surface area contributed by atoms with Crippen LogP contribution >= 0.6 is 7.60 Å². The molecule has 0 saturated carbocycles. The summed E-state index contributed by atoms with van der Waals surface area (Å²) in [5.41, 5.74) is -2.58. The van der Waals surface area contributed by atoms with E-state index < -0.39 is 54.3 Å². The molecule has 5 N–H and O–H groups in total. The molecule has 0 bridgehead atoms. The van der Waals surface area contributed by atoms with Crippen molar-refractivity contribution in [2.75, 3.05) is 0 Å². The van der Waals surface area contributed by atoms with Crippen LogP contribution < -0.4 is 11.2 Å². The van der Waals surface area contributed by atoms with Gasteiger partial charge in [0.05, 0.1) is 17.9 Å². The number of aromatic amines is 1. The van der Waals surface area contributed by atoms with Crippen LogP contribution in [0.2, 0.25) is 0 Å². The van der Waals surface area contributed by atoms with E-state index in [0.29, 0.717) is 0 Å². The molecule has 1 aliphatic heterocycles. The number of aliphatic hydroxyl groups excluding tert-OH is 2. The van der Waals surface area contributed by atoms with Crippen LogP contribution in [0.25, 0.3) is 11.2 Å². The summed E-state index contributed by atoms with van der Waals surface area (Å²) in [4.78, 5) is 43.9. The number of hydrogen-bond donors (Lipinski definition) is 5. The number of fused-ring (bicyclic) bond motifs is 1. The van der Waals surface area contributed by atoms with Crippen LogP contribution in [0.15, 0.2) is 22.0 Å². The number of nitrogens with one attached hydrogen (secondary N) is 1. The van der Waals surface area contributed by atoms with Gasteiger partial charge in [-0.2, -0.15) is 4.98 Å². The molecular formula is C18H27N4O9P. The van der Waals surface area contributed by atoms with E-state index in [0.717, 1.165) is 24.6 Å². The average Bonchev–Trinajstić information content (AvgIpc) is 2.94. The summed E-state index contributed by atoms with van der Waals surface area (Å²) in [5, 5.41) is 29.0. The molecule has 2 aromatic heterocycles. The van der Waals surface area contributed by atoms with Gasteiger partial charge in [-0.3, -0.25) is 13.9 Å². The minimum Gasteiger partial charge on any atom is -0.388 e. The second kappa shape index (κ2) is 8.41. The largest absolute Gasteiger partial charge is 0.388 e. The Bertz CT molecular complexity index is 1160. The van der Waals surface area contributed by atoms with Gasteiger partial charge in [0.2, 0.25) is 0 Å². The van der Waals surface area contributed by atoms with Gasteiger partial charge in [-0.15, -0.1) is 0 Å². The van der Waals surface area contributed by atoms with E-state index in [2.05, 4.69) is 15.0 Å². The molecule has 14 heteroatoms. The second-order valence-corrected chi connectivity index (χ2v) is 10.9. The number of nitrogens with zero attached hydrogens (tertiary/aromatic N) is 3. The molecule has 0 aliphatic carbocycles. The molecule has 1 fully saturated rings. The lowest BCUT2D eigenvalue weighted by Gasteiger charge is -2.36. The van der Waals surface area contributed by atoms with Crippen molar-refractivity contribution in [3.63, 3.8) is 0 Å². The monoisotopic (exact) mass is 474 g/mol. The van der Waals surface area contributed by atoms with Crippen molar-refractivity contribution < 1.29 is 34.0 Å². The van der Waals surface area contributed by atoms with Crippen LogP contribution in [0.5, 0.6) is 0 Å². The van der Waals surface area contributed by atoms with E-state index >= 15 is 0 Å². The molecule has 6 atom stereocenters. The van der Waals surface area contributed by atoms with E-state index in [1.807, 2.05) is 0 Å². The molecule has 0 spiro atoms. The third-order valence-corrected chi connectivity index (χ3v) is 7.59. The van der Waals surface area contributed by atoms with Crippen LogP contribution in [0, 0.1) is 0 Å². The Labute approximate surface area is 182 Å². The number of aliphatic hydroxyl groups is 3. The first kappa shape index (κ1) is 24.6. The van der Waals surface area contributed by atoms with Crippen molar-refractivity contribution in [2.45, 2.75) is 76.0 Å². The standard InChI is InChI=1S/C18H27N4O9P/c1-5-18(4,31-32(28,29)17(2,3)27)6-10-12(24)13(25)15(30-10)22-8-9-14(21-16(22)26)20-11(23)7-19-9/h7-8,10,12-13,15,24-25,27H,5-6H2,1-4H3,(H,28,29)(H,20,21,23,26). The van der Waals surface area contributed by atoms with E-state index in [-0.39, 0.29) is 24.0 Å². The molecule has 3 heterocycles. The highest BCUT2D eigenvalue weighted by Gasteiger charge is 2.50. The molecule has 6 unspecified atom stereocenters. The van der Waals surface area contributed by atoms with Crippen LogP contribution in [0.1, 0.15) is 46.8 Å². The van der Waals surface area contributed by atoms with E-state index in [4.69, 9.17) is 9.26 Å². The molecule has 1 saturated heterocycles. The van der Waals surface area contributed by atoms with Gasteiger partial charge in [0.15, 0.2) is 17.2 Å². The SMILES string of the molecule is CCC(C)(CC1OC(n2cc3ncc(=O)[nH]c3nc2=O)C(O)C1O)OP(=O)(O)C(C)(C)O. The van der Waals surface area contributed by atoms with Gasteiger partial charge >= 0.3 is 13.3 Å². The molecule has 13 nitrogen and oxygen atoms in total. The summed E-state index contributed by atoms with van der Waals surface area (Å²) in [6, 6.07) is 0. The number of hydrogen-bond acceptors (Lipinski definition) is 10. The highest BCUT2D eigenvalue weighted by molar-refractivity contribution is 7.54. The Balaban J connectivity index is 1.88. The third kappa shape index (κ3) is 4.69. The number of rotatable bonds is 7. The van der Waals surface area contributed by atoms with Crippen molar-refractivity contribution in [3.05, 3.63) is 33.2 Å². The summed E-state index contributed by atoms with van der Waals surface area (Å²) >= 11 is 0. The summed E-state index contributed by atoms with van der Waals surface area (Å²) < 4.78 is 24.5. The van der Waals surface area contributed by atoms with Gasteiger partial charge in [-0.25, -0.2) is 9.78 Å². The predicted molar refractivity (Wildman–Crippen MR) is 111 cm³/mol. The van der Waals surface area contributed by atoms with Crippen LogP contribution in [0.3, 0.4) is 0 Å². The van der Waals surface area contributed by atoms with E-state index in [9.17, 15) is 34.4 Å². The molecule has 178 valence electrons. The van der Waals surface area contributed by atoms with Crippen molar-refractivity contribution in [1.29, 1.82) is 0 Å². The van der Waals surface area contributed by atoms with Crippen LogP contribution in [-0.2, 0) is 13.8 Å². The van der Waals surface area contributed by atoms with Gasteiger partial charge in [0.25, 0.3) is 5.56 Å². The summed E-state index contributed by atoms with van der Waals surface area (Å²) in [6.45, 7) is 5.49. The first-order valence-corrected chi connectivity index (χ1v) is 11.5. The van der Waals surface area contributed by atoms with Gasteiger partial charge < -0.3 is 34.5 Å². The van der Waals surface area contributed by atoms with Crippen molar-refractivity contribution in [1.82, 2.24) is 19.5 Å². The smallest absolute Gasteiger partial charge is 0.359 e. The van der Waals surface area contributed by atoms with Gasteiger partial charge in [-0.05, 0) is 27.2 Å². The summed E-state index contributed by atoms with van der Waals surface area (Å²) in [7, 11) is -4.47. The van der Waals surface area contributed by atoms with Crippen molar-refractivity contribution in [3.8, 4) is 0 Å². The molecule has 1 aliphatic rings. The Kier molecular flexibility index (Phi) is 6.48. The maximum atomic E-state index is 12.5. The third-order valence-electron chi connectivity index (χ3n) is 5.52. The lowest BCUT2D eigenvalue weighted by atomic mass is 9.93. The fourth-order valence-corrected chi connectivity index (χ4v) is 4.34. The first-order chi connectivity index (χ1) is 14.7. The molecule has 32 heavy (non-hydrogen) atoms. The maximum absolute atomic E-state index is 12.5.